The van der Waals surface area contributed by atoms with Crippen molar-refractivity contribution in [3.63, 3.8) is 0 Å². The second-order valence-corrected chi connectivity index (χ2v) is 26.4. The molecule has 0 amide bonds. The maximum absolute atomic E-state index is 4.61. The van der Waals surface area contributed by atoms with Crippen LogP contribution in [0.3, 0.4) is 0 Å². The molecule has 83 heavy (non-hydrogen) atoms. The summed E-state index contributed by atoms with van der Waals surface area (Å²) in [6, 6.07) is 58.9. The zero-order valence-electron chi connectivity index (χ0n) is 49.7. The van der Waals surface area contributed by atoms with Crippen LogP contribution in [-0.4, -0.2) is 29.9 Å². The minimum Gasteiger partial charge on any atom is -0.279 e. The molecule has 0 fully saturated rings. The minimum absolute atomic E-state index is 0.0438. The lowest BCUT2D eigenvalue weighted by Crippen LogP contribution is -2.18. The molecule has 0 saturated carbocycles. The van der Waals surface area contributed by atoms with Crippen LogP contribution in [0.5, 0.6) is 0 Å². The number of hydrogen-bond donors (Lipinski definition) is 0. The Balaban J connectivity index is 0.724. The summed E-state index contributed by atoms with van der Waals surface area (Å²) in [6.45, 7) is 27.5. The van der Waals surface area contributed by atoms with E-state index in [1.54, 1.807) is 25.3 Å². The molecule has 2 heterocycles. The highest BCUT2D eigenvalue weighted by atomic mass is 15.3. The van der Waals surface area contributed by atoms with Gasteiger partial charge in [0.25, 0.3) is 0 Å². The molecule has 0 atom stereocenters. The number of fused-ring (bicyclic) bond motifs is 9. The number of anilines is 6. The molecular weight excluding hydrogens is 1010 g/mol. The van der Waals surface area contributed by atoms with E-state index in [2.05, 4.69) is 305 Å². The lowest BCUT2D eigenvalue weighted by Gasteiger charge is -2.27. The van der Waals surface area contributed by atoms with Gasteiger partial charge in [-0.2, -0.15) is 0 Å². The first-order valence-corrected chi connectivity index (χ1v) is 28.9. The molecule has 0 bridgehead atoms. The van der Waals surface area contributed by atoms with Crippen LogP contribution in [0, 0.1) is 0 Å². The number of nitrogens with zero attached hydrogens (tertiary/aromatic N) is 8. The van der Waals surface area contributed by atoms with E-state index in [1.165, 1.54) is 100 Å². The fourth-order valence-electron chi connectivity index (χ4n) is 13.0. The summed E-state index contributed by atoms with van der Waals surface area (Å²) in [5, 5.41) is 0. The van der Waals surface area contributed by atoms with Crippen molar-refractivity contribution in [2.45, 2.75) is 110 Å². The lowest BCUT2D eigenvalue weighted by molar-refractivity contribution is 0.590. The van der Waals surface area contributed by atoms with Crippen molar-refractivity contribution >= 4 is 59.0 Å². The van der Waals surface area contributed by atoms with Crippen molar-refractivity contribution < 1.29 is 0 Å². The molecule has 10 aromatic rings. The van der Waals surface area contributed by atoms with Gasteiger partial charge in [0.1, 0.15) is 25.3 Å². The molecule has 8 heteroatoms. The SMILES string of the molecule is CC(C)(C)c1ccc(N(c2ccc3c(c2)C(C)(C)c2cc(C=Cc4ccc5c(c4)C(C)(C)c4cc(C=Cc6ccc7c(c6)C(C)(C)c6cc(N(c8ccc(C(C)(C)C)cc8)c8ncncn8)ccc6-7)ccc4-5)ccc2-3)c2ncncn2)cc1. The van der Waals surface area contributed by atoms with E-state index >= 15 is 0 Å². The predicted molar refractivity (Wildman–Crippen MR) is 343 cm³/mol. The molecule has 3 aliphatic rings. The Morgan fingerprint density at radius 2 is 0.542 bits per heavy atom. The third kappa shape index (κ3) is 9.25. The molecule has 8 aromatic carbocycles. The monoisotopic (exact) mass is 1080 g/mol. The van der Waals surface area contributed by atoms with Crippen molar-refractivity contribution in [3.8, 4) is 33.4 Å². The summed E-state index contributed by atoms with van der Waals surface area (Å²) in [7, 11) is 0. The van der Waals surface area contributed by atoms with Gasteiger partial charge in [-0.25, -0.2) is 29.9 Å². The van der Waals surface area contributed by atoms with E-state index in [9.17, 15) is 0 Å². The normalized spacial score (nSPS) is 14.9. The number of benzene rings is 8. The van der Waals surface area contributed by atoms with Crippen molar-refractivity contribution in [2.75, 3.05) is 9.80 Å². The van der Waals surface area contributed by atoms with Crippen LogP contribution in [0.2, 0.25) is 0 Å². The first-order valence-electron chi connectivity index (χ1n) is 28.9. The highest BCUT2D eigenvalue weighted by molar-refractivity contribution is 5.89. The Morgan fingerprint density at radius 1 is 0.301 bits per heavy atom. The lowest BCUT2D eigenvalue weighted by atomic mass is 9.81. The molecule has 0 N–H and O–H groups in total. The van der Waals surface area contributed by atoms with Crippen LogP contribution >= 0.6 is 0 Å². The summed E-state index contributed by atoms with van der Waals surface area (Å²) >= 11 is 0. The molecule has 410 valence electrons. The van der Waals surface area contributed by atoms with Gasteiger partial charge in [-0.15, -0.1) is 0 Å². The zero-order chi connectivity index (χ0) is 57.8. The Morgan fingerprint density at radius 3 is 0.807 bits per heavy atom. The fraction of sp³-hybridized carbons (Fsp3) is 0.227. The third-order valence-electron chi connectivity index (χ3n) is 17.9. The fourth-order valence-corrected chi connectivity index (χ4v) is 13.0. The molecule has 8 nitrogen and oxygen atoms in total. The summed E-state index contributed by atoms with van der Waals surface area (Å²) in [5.41, 5.74) is 26.4. The van der Waals surface area contributed by atoms with Crippen LogP contribution < -0.4 is 9.80 Å². The van der Waals surface area contributed by atoms with Crippen molar-refractivity contribution in [2.24, 2.45) is 0 Å². The second kappa shape index (κ2) is 19.5. The maximum Gasteiger partial charge on any atom is 0.237 e. The molecule has 0 spiro atoms. The van der Waals surface area contributed by atoms with Gasteiger partial charge in [0.05, 0.1) is 0 Å². The molecule has 0 saturated heterocycles. The highest BCUT2D eigenvalue weighted by Gasteiger charge is 2.39. The minimum atomic E-state index is -0.235. The number of hydrogen-bond acceptors (Lipinski definition) is 8. The molecule has 13 rings (SSSR count). The zero-order valence-corrected chi connectivity index (χ0v) is 49.7. The summed E-state index contributed by atoms with van der Waals surface area (Å²) in [6.07, 6.45) is 15.3. The van der Waals surface area contributed by atoms with Crippen LogP contribution in [0.25, 0.3) is 57.7 Å². The van der Waals surface area contributed by atoms with Gasteiger partial charge >= 0.3 is 0 Å². The van der Waals surface area contributed by atoms with Crippen LogP contribution in [0.4, 0.5) is 34.6 Å². The Kier molecular flexibility index (Phi) is 12.5. The molecule has 0 unspecified atom stereocenters. The first-order chi connectivity index (χ1) is 39.6. The van der Waals surface area contributed by atoms with Crippen LogP contribution in [0.1, 0.15) is 150 Å². The standard InChI is InChI=1S/C75H70N8/c1-71(2,3)51-21-25-53(26-22-51)82(69-78-43-76-44-79-69)55-29-35-61-59-33-19-49(39-65(59)74(9,10)67(61)41-55)15-13-47-17-31-57-58-32-18-48(38-64(58)73(7,8)63(57)37-47)14-16-50-20-34-60-62-36-30-56(42-68(62)75(11,12)66(60)40-50)83(70-80-45-77-46-81-70)54-27-23-52(24-28-54)72(4,5)6/h13-46H,1-12H3. The number of rotatable bonds is 10. The summed E-state index contributed by atoms with van der Waals surface area (Å²) < 4.78 is 0. The molecule has 2 aromatic heterocycles. The van der Waals surface area contributed by atoms with Crippen molar-refractivity contribution in [1.29, 1.82) is 0 Å². The maximum atomic E-state index is 4.61. The van der Waals surface area contributed by atoms with Crippen molar-refractivity contribution in [1.82, 2.24) is 29.9 Å². The van der Waals surface area contributed by atoms with Gasteiger partial charge in [0.15, 0.2) is 0 Å². The van der Waals surface area contributed by atoms with Gasteiger partial charge < -0.3 is 0 Å². The average Bonchev–Trinajstić information content (AvgIpc) is 3.95. The van der Waals surface area contributed by atoms with E-state index < -0.39 is 0 Å². The average molecular weight is 1080 g/mol. The van der Waals surface area contributed by atoms with Gasteiger partial charge in [-0.05, 0) is 160 Å². The third-order valence-corrected chi connectivity index (χ3v) is 17.9. The molecule has 3 aliphatic carbocycles. The van der Waals surface area contributed by atoms with Gasteiger partial charge in [-0.1, -0.05) is 217 Å². The molecule has 0 aliphatic heterocycles. The largest absolute Gasteiger partial charge is 0.279 e. The van der Waals surface area contributed by atoms with E-state index in [0.29, 0.717) is 11.9 Å². The van der Waals surface area contributed by atoms with E-state index in [1.807, 2.05) is 0 Å². The van der Waals surface area contributed by atoms with Crippen LogP contribution in [0.15, 0.2) is 183 Å². The van der Waals surface area contributed by atoms with Crippen LogP contribution in [-0.2, 0) is 27.1 Å². The smallest absolute Gasteiger partial charge is 0.237 e. The second-order valence-electron chi connectivity index (χ2n) is 26.4. The summed E-state index contributed by atoms with van der Waals surface area (Å²) in [4.78, 5) is 31.0. The van der Waals surface area contributed by atoms with Crippen molar-refractivity contribution in [3.05, 3.63) is 250 Å². The Labute approximate surface area is 489 Å². The van der Waals surface area contributed by atoms with Gasteiger partial charge in [-0.3, -0.25) is 9.80 Å². The Bertz CT molecular complexity index is 3960. The molecular formula is C75H70N8. The predicted octanol–water partition coefficient (Wildman–Crippen LogP) is 18.9. The highest BCUT2D eigenvalue weighted by Crippen LogP contribution is 2.54. The first kappa shape index (κ1) is 53.2. The van der Waals surface area contributed by atoms with Gasteiger partial charge in [0, 0.05) is 39.0 Å². The summed E-state index contributed by atoms with van der Waals surface area (Å²) in [5.74, 6) is 1.17. The topological polar surface area (TPSA) is 83.8 Å². The Hall–Kier alpha value is -9.14. The van der Waals surface area contributed by atoms with Gasteiger partial charge in [0.2, 0.25) is 11.9 Å². The van der Waals surface area contributed by atoms with E-state index in [0.717, 1.165) is 22.7 Å². The van der Waals surface area contributed by atoms with E-state index in [-0.39, 0.29) is 27.1 Å². The number of aromatic nitrogens is 6. The quantitative estimate of drug-likeness (QED) is 0.125. The van der Waals surface area contributed by atoms with E-state index in [4.69, 9.17) is 0 Å². The molecule has 0 radical (unpaired) electrons.